The molecule has 0 aliphatic rings. The average molecular weight is 167 g/mol. The number of hydrogen-bond acceptors (Lipinski definition) is 2. The fraction of sp³-hybridized carbons (Fsp3) is 0.833. The van der Waals surface area contributed by atoms with Crippen molar-refractivity contribution in [3.05, 3.63) is 0 Å². The second kappa shape index (κ2) is 5.50. The molecule has 0 aliphatic carbocycles. The largest absolute Gasteiger partial charge is 0.453 e. The van der Waals surface area contributed by atoms with E-state index in [-0.39, 0.29) is 0 Å². The van der Waals surface area contributed by atoms with Gasteiger partial charge in [0.2, 0.25) is 0 Å². The molecule has 0 unspecified atom stereocenters. The summed E-state index contributed by atoms with van der Waals surface area (Å²) in [5, 5.41) is 0. The molecule has 0 fully saturated rings. The number of carbonyl (C=O) groups excluding carboxylic acids is 1. The van der Waals surface area contributed by atoms with E-state index in [1.807, 2.05) is 14.1 Å². The Morgan fingerprint density at radius 2 is 2.20 bits per heavy atom. The van der Waals surface area contributed by atoms with E-state index < -0.39 is 5.43 Å². The Labute approximate surface area is 65.9 Å². The lowest BCUT2D eigenvalue weighted by molar-refractivity contribution is -0.858. The third kappa shape index (κ3) is 7.72. The van der Waals surface area contributed by atoms with E-state index in [1.54, 1.807) is 0 Å². The Hall–Kier alpha value is -0.280. The number of ether oxygens (including phenoxy) is 1. The summed E-state index contributed by atoms with van der Waals surface area (Å²) < 4.78 is 4.51. The van der Waals surface area contributed by atoms with Crippen molar-refractivity contribution in [1.29, 1.82) is 0 Å². The summed E-state index contributed by atoms with van der Waals surface area (Å²) in [4.78, 5) is 11.4. The van der Waals surface area contributed by atoms with Crippen LogP contribution in [-0.2, 0) is 4.74 Å². The first-order valence-corrected chi connectivity index (χ1v) is 3.62. The zero-order valence-electron chi connectivity index (χ0n) is 6.32. The predicted molar refractivity (Wildman–Crippen MR) is 39.5 cm³/mol. The number of halogens is 1. The third-order valence-electron chi connectivity index (χ3n) is 1.04. The maximum absolute atomic E-state index is 10.0. The second-order valence-electron chi connectivity index (χ2n) is 2.40. The lowest BCUT2D eigenvalue weighted by Crippen LogP contribution is -3.05. The van der Waals surface area contributed by atoms with Gasteiger partial charge in [-0.2, -0.15) is 0 Å². The molecule has 0 atom stereocenters. The summed E-state index contributed by atoms with van der Waals surface area (Å²) in [6.07, 6.45) is 0.862. The van der Waals surface area contributed by atoms with E-state index >= 15 is 0 Å². The van der Waals surface area contributed by atoms with Gasteiger partial charge in [0.1, 0.15) is 0 Å². The van der Waals surface area contributed by atoms with Gasteiger partial charge in [0.05, 0.1) is 27.2 Å². The minimum absolute atomic E-state index is 0.424. The molecule has 0 saturated heterocycles. The summed E-state index contributed by atoms with van der Waals surface area (Å²) in [5.41, 5.74) is -0.714. The fourth-order valence-corrected chi connectivity index (χ4v) is 0.655. The van der Waals surface area contributed by atoms with E-state index in [9.17, 15) is 4.79 Å². The van der Waals surface area contributed by atoms with Gasteiger partial charge >= 0.3 is 5.43 Å². The molecule has 1 N–H and O–H groups in total. The predicted octanol–water partition coefficient (Wildman–Crippen LogP) is -0.104. The molecule has 0 radical (unpaired) electrons. The first kappa shape index (κ1) is 9.72. The van der Waals surface area contributed by atoms with Gasteiger partial charge < -0.3 is 9.64 Å². The fourth-order valence-electron chi connectivity index (χ4n) is 0.578. The molecule has 0 saturated carbocycles. The molecule has 10 heavy (non-hydrogen) atoms. The van der Waals surface area contributed by atoms with Crippen LogP contribution in [0.1, 0.15) is 6.42 Å². The second-order valence-corrected chi connectivity index (χ2v) is 2.71. The lowest BCUT2D eigenvalue weighted by Gasteiger charge is -2.05. The highest BCUT2D eigenvalue weighted by Gasteiger charge is 1.96. The molecular weight excluding hydrogens is 154 g/mol. The SMILES string of the molecule is C[NH+](C)CCCOC(=O)Cl. The van der Waals surface area contributed by atoms with Crippen molar-refractivity contribution in [3.8, 4) is 0 Å². The topological polar surface area (TPSA) is 30.7 Å². The van der Waals surface area contributed by atoms with Crippen LogP contribution < -0.4 is 4.90 Å². The molecule has 0 rings (SSSR count). The van der Waals surface area contributed by atoms with Crippen molar-refractivity contribution in [3.63, 3.8) is 0 Å². The zero-order chi connectivity index (χ0) is 7.98. The van der Waals surface area contributed by atoms with Crippen LogP contribution in [0.3, 0.4) is 0 Å². The minimum atomic E-state index is -0.714. The Balaban J connectivity index is 2.98. The average Bonchev–Trinajstić information content (AvgIpc) is 1.79. The molecule has 60 valence electrons. The van der Waals surface area contributed by atoms with Crippen molar-refractivity contribution in [2.24, 2.45) is 0 Å². The van der Waals surface area contributed by atoms with Crippen molar-refractivity contribution in [2.75, 3.05) is 27.2 Å². The van der Waals surface area contributed by atoms with Crippen molar-refractivity contribution in [1.82, 2.24) is 0 Å². The number of rotatable bonds is 4. The highest BCUT2D eigenvalue weighted by atomic mass is 35.5. The molecule has 0 spiro atoms. The van der Waals surface area contributed by atoms with Crippen LogP contribution in [0, 0.1) is 0 Å². The molecule has 0 aromatic carbocycles. The van der Waals surface area contributed by atoms with Crippen LogP contribution in [-0.4, -0.2) is 32.7 Å². The van der Waals surface area contributed by atoms with E-state index in [0.29, 0.717) is 6.61 Å². The first-order valence-electron chi connectivity index (χ1n) is 3.24. The van der Waals surface area contributed by atoms with Crippen LogP contribution in [0.25, 0.3) is 0 Å². The van der Waals surface area contributed by atoms with Crippen LogP contribution in [0.4, 0.5) is 4.79 Å². The molecule has 0 aromatic rings. The quantitative estimate of drug-likeness (QED) is 0.467. The molecule has 0 amide bonds. The van der Waals surface area contributed by atoms with Gasteiger partial charge in [-0.15, -0.1) is 0 Å². The number of carbonyl (C=O) groups is 1. The Kier molecular flexibility index (Phi) is 5.35. The van der Waals surface area contributed by atoms with Gasteiger partial charge in [-0.25, -0.2) is 4.79 Å². The van der Waals surface area contributed by atoms with E-state index in [2.05, 4.69) is 4.74 Å². The normalized spacial score (nSPS) is 10.0. The van der Waals surface area contributed by atoms with E-state index in [4.69, 9.17) is 11.6 Å². The maximum atomic E-state index is 10.0. The lowest BCUT2D eigenvalue weighted by atomic mass is 10.4. The third-order valence-corrected chi connectivity index (χ3v) is 1.15. The van der Waals surface area contributed by atoms with Crippen molar-refractivity contribution >= 4 is 17.0 Å². The molecule has 0 bridgehead atoms. The van der Waals surface area contributed by atoms with Gasteiger partial charge in [-0.05, 0) is 0 Å². The van der Waals surface area contributed by atoms with Gasteiger partial charge in [0.25, 0.3) is 0 Å². The standard InChI is InChI=1S/C6H12ClNO2/c1-8(2)4-3-5-10-6(7)9/h3-5H2,1-2H3/p+1. The molecular formula is C6H13ClNO2+. The number of quaternary nitrogens is 1. The van der Waals surface area contributed by atoms with Crippen molar-refractivity contribution in [2.45, 2.75) is 6.42 Å². The number of nitrogens with one attached hydrogen (secondary N) is 1. The van der Waals surface area contributed by atoms with Gasteiger partial charge in [0, 0.05) is 18.0 Å². The summed E-state index contributed by atoms with van der Waals surface area (Å²) >= 11 is 4.93. The highest BCUT2D eigenvalue weighted by molar-refractivity contribution is 6.61. The van der Waals surface area contributed by atoms with Crippen LogP contribution in [0.2, 0.25) is 0 Å². The molecule has 0 heterocycles. The summed E-state index contributed by atoms with van der Waals surface area (Å²) in [5.74, 6) is 0. The van der Waals surface area contributed by atoms with Crippen LogP contribution >= 0.6 is 11.6 Å². The summed E-state index contributed by atoms with van der Waals surface area (Å²) in [6, 6.07) is 0. The summed E-state index contributed by atoms with van der Waals surface area (Å²) in [6.45, 7) is 1.41. The molecule has 0 aromatic heterocycles. The Morgan fingerprint density at radius 1 is 1.60 bits per heavy atom. The highest BCUT2D eigenvalue weighted by Crippen LogP contribution is 1.87. The van der Waals surface area contributed by atoms with E-state index in [0.717, 1.165) is 13.0 Å². The van der Waals surface area contributed by atoms with Crippen molar-refractivity contribution < 1.29 is 14.4 Å². The van der Waals surface area contributed by atoms with Crippen LogP contribution in [0.5, 0.6) is 0 Å². The smallest absolute Gasteiger partial charge is 0.403 e. The minimum Gasteiger partial charge on any atom is -0.453 e. The van der Waals surface area contributed by atoms with Crippen LogP contribution in [0.15, 0.2) is 0 Å². The number of hydrogen-bond donors (Lipinski definition) is 1. The Bertz CT molecular complexity index is 106. The van der Waals surface area contributed by atoms with Gasteiger partial charge in [0.15, 0.2) is 0 Å². The molecule has 3 nitrogen and oxygen atoms in total. The zero-order valence-corrected chi connectivity index (χ0v) is 7.07. The molecule has 4 heteroatoms. The van der Waals surface area contributed by atoms with E-state index in [1.165, 1.54) is 4.90 Å². The molecule has 0 aliphatic heterocycles. The van der Waals surface area contributed by atoms with Gasteiger partial charge in [-0.1, -0.05) is 0 Å². The van der Waals surface area contributed by atoms with Gasteiger partial charge in [-0.3, -0.25) is 0 Å². The first-order chi connectivity index (χ1) is 4.63. The maximum Gasteiger partial charge on any atom is 0.403 e. The summed E-state index contributed by atoms with van der Waals surface area (Å²) in [7, 11) is 4.09. The monoisotopic (exact) mass is 166 g/mol. The Morgan fingerprint density at radius 3 is 2.60 bits per heavy atom.